The van der Waals surface area contributed by atoms with E-state index in [0.29, 0.717) is 11.4 Å². The summed E-state index contributed by atoms with van der Waals surface area (Å²) < 4.78 is 18.8. The van der Waals surface area contributed by atoms with Crippen molar-refractivity contribution in [1.82, 2.24) is 0 Å². The molecule has 0 spiro atoms. The molecule has 0 aliphatic rings. The van der Waals surface area contributed by atoms with E-state index in [-0.39, 0.29) is 11.9 Å². The normalized spacial score (nSPS) is 12.2. The van der Waals surface area contributed by atoms with Crippen molar-refractivity contribution < 1.29 is 9.13 Å². The third kappa shape index (κ3) is 2.64. The summed E-state index contributed by atoms with van der Waals surface area (Å²) in [6, 6.07) is 6.85. The molecule has 0 bridgehead atoms. The fourth-order valence-corrected chi connectivity index (χ4v) is 2.80. The van der Waals surface area contributed by atoms with Crippen LogP contribution in [0, 0.1) is 12.7 Å². The summed E-state index contributed by atoms with van der Waals surface area (Å²) in [7, 11) is 1.57. The second kappa shape index (κ2) is 5.40. The van der Waals surface area contributed by atoms with Gasteiger partial charge in [0.25, 0.3) is 0 Å². The molecule has 1 heterocycles. The maximum atomic E-state index is 13.7. The molecule has 0 aliphatic heterocycles. The highest BCUT2D eigenvalue weighted by molar-refractivity contribution is 7.10. The summed E-state index contributed by atoms with van der Waals surface area (Å²) >= 11 is 1.68. The third-order valence-corrected chi connectivity index (χ3v) is 4.04. The SMILES string of the molecule is COc1ccc(F)c(NC(C)c2sccc2C)c1. The predicted octanol–water partition coefficient (Wildman–Crippen LogP) is 4.38. The Labute approximate surface area is 110 Å². The van der Waals surface area contributed by atoms with E-state index in [2.05, 4.69) is 18.3 Å². The van der Waals surface area contributed by atoms with Crippen LogP contribution in [-0.2, 0) is 0 Å². The van der Waals surface area contributed by atoms with Crippen LogP contribution in [0.5, 0.6) is 5.75 Å². The quantitative estimate of drug-likeness (QED) is 0.886. The van der Waals surface area contributed by atoms with Crippen molar-refractivity contribution in [2.24, 2.45) is 0 Å². The molecule has 2 rings (SSSR count). The number of nitrogens with one attached hydrogen (secondary N) is 1. The van der Waals surface area contributed by atoms with Crippen molar-refractivity contribution in [1.29, 1.82) is 0 Å². The van der Waals surface area contributed by atoms with Crippen molar-refractivity contribution in [3.63, 3.8) is 0 Å². The van der Waals surface area contributed by atoms with E-state index >= 15 is 0 Å². The first kappa shape index (κ1) is 12.9. The fourth-order valence-electron chi connectivity index (χ4n) is 1.87. The lowest BCUT2D eigenvalue weighted by Gasteiger charge is -2.16. The third-order valence-electron chi connectivity index (χ3n) is 2.84. The summed E-state index contributed by atoms with van der Waals surface area (Å²) in [6.45, 7) is 4.09. The number of aryl methyl sites for hydroxylation is 1. The van der Waals surface area contributed by atoms with Crippen LogP contribution in [0.1, 0.15) is 23.4 Å². The van der Waals surface area contributed by atoms with Gasteiger partial charge in [0.05, 0.1) is 18.8 Å². The van der Waals surface area contributed by atoms with Crippen molar-refractivity contribution >= 4 is 17.0 Å². The summed E-state index contributed by atoms with van der Waals surface area (Å²) in [4.78, 5) is 1.22. The number of benzene rings is 1. The Balaban J connectivity index is 2.21. The highest BCUT2D eigenvalue weighted by Crippen LogP contribution is 2.29. The Morgan fingerprint density at radius 1 is 1.33 bits per heavy atom. The van der Waals surface area contributed by atoms with Crippen LogP contribution in [-0.4, -0.2) is 7.11 Å². The second-order valence-electron chi connectivity index (χ2n) is 4.18. The molecular weight excluding hydrogens is 249 g/mol. The van der Waals surface area contributed by atoms with E-state index in [4.69, 9.17) is 4.74 Å². The summed E-state index contributed by atoms with van der Waals surface area (Å²) in [5.74, 6) is 0.380. The van der Waals surface area contributed by atoms with Crippen LogP contribution < -0.4 is 10.1 Å². The zero-order valence-corrected chi connectivity index (χ0v) is 11.5. The molecule has 1 atom stereocenters. The number of halogens is 1. The van der Waals surface area contributed by atoms with Gasteiger partial charge in [0.1, 0.15) is 11.6 Å². The molecule has 0 saturated carbocycles. The predicted molar refractivity (Wildman–Crippen MR) is 74.0 cm³/mol. The molecular formula is C14H16FNOS. The van der Waals surface area contributed by atoms with Crippen LogP contribution in [0.15, 0.2) is 29.6 Å². The van der Waals surface area contributed by atoms with Crippen molar-refractivity contribution in [3.05, 3.63) is 45.9 Å². The van der Waals surface area contributed by atoms with Gasteiger partial charge >= 0.3 is 0 Å². The van der Waals surface area contributed by atoms with Gasteiger partial charge in [-0.05, 0) is 43.0 Å². The molecule has 2 aromatic rings. The van der Waals surface area contributed by atoms with Gasteiger partial charge in [-0.25, -0.2) is 4.39 Å². The van der Waals surface area contributed by atoms with E-state index in [1.165, 1.54) is 16.5 Å². The first-order valence-electron chi connectivity index (χ1n) is 5.76. The molecule has 0 amide bonds. The number of thiophene rings is 1. The van der Waals surface area contributed by atoms with Gasteiger partial charge in [-0.2, -0.15) is 0 Å². The topological polar surface area (TPSA) is 21.3 Å². The van der Waals surface area contributed by atoms with Crippen molar-refractivity contribution in [3.8, 4) is 5.75 Å². The summed E-state index contributed by atoms with van der Waals surface area (Å²) in [5.41, 5.74) is 1.69. The highest BCUT2D eigenvalue weighted by Gasteiger charge is 2.12. The lowest BCUT2D eigenvalue weighted by atomic mass is 10.2. The van der Waals surface area contributed by atoms with Gasteiger partial charge in [-0.1, -0.05) is 0 Å². The second-order valence-corrected chi connectivity index (χ2v) is 5.13. The van der Waals surface area contributed by atoms with Crippen LogP contribution in [0.2, 0.25) is 0 Å². The Bertz CT molecular complexity index is 538. The molecule has 1 unspecified atom stereocenters. The minimum atomic E-state index is -0.267. The zero-order valence-electron chi connectivity index (χ0n) is 10.7. The molecule has 1 aromatic carbocycles. The molecule has 0 saturated heterocycles. The number of rotatable bonds is 4. The number of hydrogen-bond donors (Lipinski definition) is 1. The highest BCUT2D eigenvalue weighted by atomic mass is 32.1. The number of anilines is 1. The van der Waals surface area contributed by atoms with Crippen molar-refractivity contribution in [2.75, 3.05) is 12.4 Å². The van der Waals surface area contributed by atoms with E-state index in [1.54, 1.807) is 30.6 Å². The standard InChI is InChI=1S/C14H16FNOS/c1-9-6-7-18-14(9)10(2)16-13-8-11(17-3)4-5-12(13)15/h4-8,10,16H,1-3H3. The van der Waals surface area contributed by atoms with E-state index in [1.807, 2.05) is 12.3 Å². The van der Waals surface area contributed by atoms with Gasteiger partial charge in [0.15, 0.2) is 0 Å². The Kier molecular flexibility index (Phi) is 3.87. The number of ether oxygens (including phenoxy) is 1. The zero-order chi connectivity index (χ0) is 13.1. The Morgan fingerprint density at radius 2 is 2.11 bits per heavy atom. The summed E-state index contributed by atoms with van der Waals surface area (Å²) in [5, 5.41) is 5.23. The van der Waals surface area contributed by atoms with Gasteiger partial charge < -0.3 is 10.1 Å². The van der Waals surface area contributed by atoms with Crippen LogP contribution >= 0.6 is 11.3 Å². The molecule has 2 nitrogen and oxygen atoms in total. The van der Waals surface area contributed by atoms with E-state index < -0.39 is 0 Å². The maximum Gasteiger partial charge on any atom is 0.146 e. The Hall–Kier alpha value is -1.55. The molecule has 0 radical (unpaired) electrons. The van der Waals surface area contributed by atoms with Gasteiger partial charge in [-0.15, -0.1) is 11.3 Å². The van der Waals surface area contributed by atoms with Gasteiger partial charge in [0, 0.05) is 10.9 Å². The first-order valence-corrected chi connectivity index (χ1v) is 6.64. The van der Waals surface area contributed by atoms with Crippen LogP contribution in [0.3, 0.4) is 0 Å². The smallest absolute Gasteiger partial charge is 0.146 e. The van der Waals surface area contributed by atoms with Crippen LogP contribution in [0.25, 0.3) is 0 Å². The average Bonchev–Trinajstić information content (AvgIpc) is 2.78. The largest absolute Gasteiger partial charge is 0.497 e. The molecule has 96 valence electrons. The average molecular weight is 265 g/mol. The number of methoxy groups -OCH3 is 1. The molecule has 4 heteroatoms. The summed E-state index contributed by atoms with van der Waals surface area (Å²) in [6.07, 6.45) is 0. The minimum Gasteiger partial charge on any atom is -0.497 e. The Morgan fingerprint density at radius 3 is 2.72 bits per heavy atom. The van der Waals surface area contributed by atoms with E-state index in [9.17, 15) is 4.39 Å². The van der Waals surface area contributed by atoms with Gasteiger partial charge in [0.2, 0.25) is 0 Å². The maximum absolute atomic E-state index is 13.7. The molecule has 0 aliphatic carbocycles. The van der Waals surface area contributed by atoms with E-state index in [0.717, 1.165) is 0 Å². The first-order chi connectivity index (χ1) is 8.61. The number of hydrogen-bond acceptors (Lipinski definition) is 3. The lowest BCUT2D eigenvalue weighted by Crippen LogP contribution is -2.07. The van der Waals surface area contributed by atoms with Crippen molar-refractivity contribution in [2.45, 2.75) is 19.9 Å². The van der Waals surface area contributed by atoms with Crippen LogP contribution in [0.4, 0.5) is 10.1 Å². The molecule has 1 N–H and O–H groups in total. The lowest BCUT2D eigenvalue weighted by molar-refractivity contribution is 0.414. The molecule has 1 aromatic heterocycles. The fraction of sp³-hybridized carbons (Fsp3) is 0.286. The van der Waals surface area contributed by atoms with Gasteiger partial charge in [-0.3, -0.25) is 0 Å². The minimum absolute atomic E-state index is 0.0756. The molecule has 18 heavy (non-hydrogen) atoms. The monoisotopic (exact) mass is 265 g/mol. The molecule has 0 fully saturated rings.